The Kier molecular flexibility index (Phi) is 7.20. The molecule has 0 bridgehead atoms. The van der Waals surface area contributed by atoms with Crippen molar-refractivity contribution in [2.24, 2.45) is 5.92 Å². The molecule has 1 aliphatic heterocycles. The lowest BCUT2D eigenvalue weighted by Crippen LogP contribution is -2.43. The van der Waals surface area contributed by atoms with Crippen LogP contribution in [0.3, 0.4) is 0 Å². The first-order valence-electron chi connectivity index (χ1n) is 11.1. The van der Waals surface area contributed by atoms with E-state index in [4.69, 9.17) is 16.3 Å². The number of alkyl halides is 3. The summed E-state index contributed by atoms with van der Waals surface area (Å²) in [6, 6.07) is 3.77. The topological polar surface area (TPSA) is 83.8 Å². The summed E-state index contributed by atoms with van der Waals surface area (Å²) in [4.78, 5) is 17.8. The Morgan fingerprint density at radius 1 is 1.34 bits per heavy atom. The van der Waals surface area contributed by atoms with Crippen LogP contribution in [0.15, 0.2) is 36.7 Å². The average molecular weight is 511 g/mol. The molecular weight excluding hydrogens is 485 g/mol. The van der Waals surface area contributed by atoms with Crippen molar-refractivity contribution in [2.75, 3.05) is 32.6 Å². The number of fused-ring (bicyclic) bond motifs is 1. The molecule has 3 heterocycles. The first-order valence-corrected chi connectivity index (χ1v) is 11.5. The van der Waals surface area contributed by atoms with Gasteiger partial charge in [-0.2, -0.15) is 18.3 Å². The summed E-state index contributed by atoms with van der Waals surface area (Å²) in [5.41, 5.74) is 2.29. The zero-order chi connectivity index (χ0) is 25.3. The normalized spacial score (nSPS) is 18.0. The van der Waals surface area contributed by atoms with E-state index in [0.29, 0.717) is 42.1 Å². The number of nitrogens with one attached hydrogen (secondary N) is 2. The summed E-state index contributed by atoms with van der Waals surface area (Å²) >= 11 is 6.03. The number of halogens is 4. The molecule has 0 saturated carbocycles. The van der Waals surface area contributed by atoms with Crippen molar-refractivity contribution in [1.82, 2.24) is 24.8 Å². The van der Waals surface area contributed by atoms with Crippen molar-refractivity contribution in [3.05, 3.63) is 52.9 Å². The Bertz CT molecular complexity index is 1190. The zero-order valence-electron chi connectivity index (χ0n) is 19.4. The first-order chi connectivity index (χ1) is 16.6. The maximum atomic E-state index is 14.0. The first kappa shape index (κ1) is 25.2. The monoisotopic (exact) mass is 510 g/mol. The molecule has 8 nitrogen and oxygen atoms in total. The average Bonchev–Trinajstić information content (AvgIpc) is 3.47. The van der Waals surface area contributed by atoms with E-state index in [9.17, 15) is 18.0 Å². The molecule has 2 N–H and O–H groups in total. The zero-order valence-corrected chi connectivity index (χ0v) is 20.2. The fourth-order valence-electron chi connectivity index (χ4n) is 4.36. The highest BCUT2D eigenvalue weighted by atomic mass is 35.5. The van der Waals surface area contributed by atoms with Gasteiger partial charge in [0.05, 0.1) is 35.7 Å². The number of anilines is 2. The van der Waals surface area contributed by atoms with Crippen molar-refractivity contribution in [3.8, 4) is 0 Å². The molecule has 188 valence electrons. The van der Waals surface area contributed by atoms with E-state index in [1.54, 1.807) is 19.5 Å². The van der Waals surface area contributed by atoms with Crippen molar-refractivity contribution >= 4 is 34.5 Å². The highest BCUT2D eigenvalue weighted by molar-refractivity contribution is 6.29. The van der Waals surface area contributed by atoms with Crippen LogP contribution in [-0.2, 0) is 9.53 Å². The fourth-order valence-corrected chi connectivity index (χ4v) is 4.53. The van der Waals surface area contributed by atoms with Gasteiger partial charge in [0.15, 0.2) is 11.7 Å². The Labute approximate surface area is 205 Å². The van der Waals surface area contributed by atoms with Crippen LogP contribution in [0.1, 0.15) is 36.6 Å². The van der Waals surface area contributed by atoms with E-state index in [1.165, 1.54) is 35.8 Å². The largest absolute Gasteiger partial charge is 0.413 e. The van der Waals surface area contributed by atoms with Crippen LogP contribution >= 0.6 is 11.6 Å². The molecule has 3 aromatic rings. The van der Waals surface area contributed by atoms with Crippen molar-refractivity contribution < 1.29 is 22.7 Å². The SMILES string of the molecule is CO[C@@H](C)c1c(Nc2ccc([C@H](N(C)C(=O)C3CCNC3)C(F)(F)F)cc2)cnn2cc(Cl)nc12. The highest BCUT2D eigenvalue weighted by Crippen LogP contribution is 2.39. The Morgan fingerprint density at radius 2 is 2.06 bits per heavy atom. The second kappa shape index (κ2) is 10.00. The molecule has 0 spiro atoms. The third kappa shape index (κ3) is 5.21. The molecule has 1 amide bonds. The minimum Gasteiger partial charge on any atom is -0.377 e. The van der Waals surface area contributed by atoms with Gasteiger partial charge >= 0.3 is 6.18 Å². The standard InChI is InChI=1S/C23H26ClF3N6O2/c1-13(35-3)19-17(11-29-33-12-18(24)31-21(19)33)30-16-6-4-14(5-7-16)20(23(25,26)27)32(2)22(34)15-8-9-28-10-15/h4-7,11-13,15,20,28,30H,8-10H2,1-3H3/t13-,15?,20-/m0/s1. The van der Waals surface area contributed by atoms with Crippen LogP contribution in [0.25, 0.3) is 5.65 Å². The number of amides is 1. The van der Waals surface area contributed by atoms with Gasteiger partial charge in [0, 0.05) is 26.4 Å². The van der Waals surface area contributed by atoms with Crippen LogP contribution in [0.4, 0.5) is 24.5 Å². The van der Waals surface area contributed by atoms with E-state index >= 15 is 0 Å². The maximum Gasteiger partial charge on any atom is 0.413 e. The summed E-state index contributed by atoms with van der Waals surface area (Å²) in [6.07, 6.45) is -1.32. The van der Waals surface area contributed by atoms with Crippen molar-refractivity contribution in [1.29, 1.82) is 0 Å². The van der Waals surface area contributed by atoms with E-state index in [0.717, 1.165) is 4.90 Å². The van der Waals surface area contributed by atoms with Gasteiger partial charge in [-0.25, -0.2) is 9.50 Å². The summed E-state index contributed by atoms with van der Waals surface area (Å²) < 4.78 is 49.1. The second-order valence-electron chi connectivity index (χ2n) is 8.51. The Balaban J connectivity index is 1.61. The van der Waals surface area contributed by atoms with Crippen molar-refractivity contribution in [3.63, 3.8) is 0 Å². The number of aromatic nitrogens is 3. The quantitative estimate of drug-likeness (QED) is 0.487. The lowest BCUT2D eigenvalue weighted by molar-refractivity contribution is -0.190. The minimum absolute atomic E-state index is 0.0241. The lowest BCUT2D eigenvalue weighted by atomic mass is 10.0. The van der Waals surface area contributed by atoms with E-state index in [1.807, 2.05) is 6.92 Å². The van der Waals surface area contributed by atoms with E-state index < -0.39 is 24.0 Å². The summed E-state index contributed by atoms with van der Waals surface area (Å²) in [5, 5.41) is 10.8. The van der Waals surface area contributed by atoms with Gasteiger partial charge in [0.2, 0.25) is 5.91 Å². The molecule has 1 saturated heterocycles. The molecule has 1 aliphatic rings. The molecule has 1 fully saturated rings. The maximum absolute atomic E-state index is 14.0. The number of imidazole rings is 1. The molecule has 2 aromatic heterocycles. The number of carbonyl (C=O) groups excluding carboxylic acids is 1. The van der Waals surface area contributed by atoms with Crippen LogP contribution in [-0.4, -0.2) is 58.8 Å². The molecule has 12 heteroatoms. The number of methoxy groups -OCH3 is 1. The number of nitrogens with zero attached hydrogens (tertiary/aromatic N) is 4. The predicted molar refractivity (Wildman–Crippen MR) is 126 cm³/mol. The highest BCUT2D eigenvalue weighted by Gasteiger charge is 2.46. The van der Waals surface area contributed by atoms with Gasteiger partial charge in [-0.05, 0) is 37.6 Å². The van der Waals surface area contributed by atoms with Crippen LogP contribution in [0.2, 0.25) is 5.15 Å². The third-order valence-electron chi connectivity index (χ3n) is 6.22. The molecule has 3 atom stereocenters. The number of carbonyl (C=O) groups is 1. The Hall–Kier alpha value is -2.89. The summed E-state index contributed by atoms with van der Waals surface area (Å²) in [5.74, 6) is -0.971. The van der Waals surface area contributed by atoms with Gasteiger partial charge in [0.25, 0.3) is 0 Å². The summed E-state index contributed by atoms with van der Waals surface area (Å²) in [7, 11) is 2.77. The van der Waals surface area contributed by atoms with E-state index in [-0.39, 0.29) is 16.8 Å². The fraction of sp³-hybridized carbons (Fsp3) is 0.435. The molecule has 35 heavy (non-hydrogen) atoms. The number of hydrogen-bond acceptors (Lipinski definition) is 6. The number of benzene rings is 1. The van der Waals surface area contributed by atoms with Crippen molar-refractivity contribution in [2.45, 2.75) is 31.7 Å². The van der Waals surface area contributed by atoms with Crippen LogP contribution < -0.4 is 10.6 Å². The van der Waals surface area contributed by atoms with Crippen LogP contribution in [0.5, 0.6) is 0 Å². The van der Waals surface area contributed by atoms with E-state index in [2.05, 4.69) is 20.7 Å². The summed E-state index contributed by atoms with van der Waals surface area (Å²) in [6.45, 7) is 2.85. The smallest absolute Gasteiger partial charge is 0.377 e. The Morgan fingerprint density at radius 3 is 2.66 bits per heavy atom. The third-order valence-corrected chi connectivity index (χ3v) is 6.40. The van der Waals surface area contributed by atoms with Gasteiger partial charge in [-0.15, -0.1) is 0 Å². The number of ether oxygens (including phenoxy) is 1. The molecule has 0 radical (unpaired) electrons. The van der Waals surface area contributed by atoms with Gasteiger partial charge in [-0.1, -0.05) is 23.7 Å². The molecular formula is C23H26ClF3N6O2. The predicted octanol–water partition coefficient (Wildman–Crippen LogP) is 4.51. The lowest BCUT2D eigenvalue weighted by Gasteiger charge is -2.32. The minimum atomic E-state index is -4.62. The molecule has 0 aliphatic carbocycles. The molecule has 1 aromatic carbocycles. The van der Waals surface area contributed by atoms with Gasteiger partial charge < -0.3 is 20.3 Å². The molecule has 4 rings (SSSR count). The van der Waals surface area contributed by atoms with Gasteiger partial charge in [-0.3, -0.25) is 4.79 Å². The number of hydrogen-bond donors (Lipinski definition) is 2. The van der Waals surface area contributed by atoms with Crippen LogP contribution in [0, 0.1) is 5.92 Å². The van der Waals surface area contributed by atoms with Gasteiger partial charge in [0.1, 0.15) is 5.15 Å². The number of rotatable bonds is 7. The second-order valence-corrected chi connectivity index (χ2v) is 8.90. The molecule has 1 unspecified atom stereocenters.